The predicted molar refractivity (Wildman–Crippen MR) is 162 cm³/mol. The van der Waals surface area contributed by atoms with E-state index in [9.17, 15) is 9.59 Å². The first-order valence-electron chi connectivity index (χ1n) is 15.0. The fraction of sp³-hybridized carbons (Fsp3) is 0.667. The molecular weight excluding hydrogens is 546 g/mol. The third-order valence-corrected chi connectivity index (χ3v) is 9.09. The Balaban J connectivity index is 2.30. The summed E-state index contributed by atoms with van der Waals surface area (Å²) in [6.45, 7) is 11.4. The maximum Gasteiger partial charge on any atom is 0.500 e. The number of carbonyl (C=O) groups is 2. The van der Waals surface area contributed by atoms with Gasteiger partial charge in [-0.25, -0.2) is 9.59 Å². The summed E-state index contributed by atoms with van der Waals surface area (Å²) in [5.41, 5.74) is 0.734. The van der Waals surface area contributed by atoms with Crippen LogP contribution in [0, 0.1) is 0 Å². The van der Waals surface area contributed by atoms with E-state index in [1.807, 2.05) is 32.9 Å². The van der Waals surface area contributed by atoms with E-state index in [1.165, 1.54) is 6.08 Å². The quantitative estimate of drug-likeness (QED) is 0.0743. The van der Waals surface area contributed by atoms with E-state index in [1.54, 1.807) is 6.07 Å². The third kappa shape index (κ3) is 17.1. The maximum absolute atomic E-state index is 12.0. The van der Waals surface area contributed by atoms with Gasteiger partial charge in [0.05, 0.1) is 19.8 Å². The lowest BCUT2D eigenvalue weighted by molar-refractivity contribution is -0.131. The fourth-order valence-corrected chi connectivity index (χ4v) is 6.63. The summed E-state index contributed by atoms with van der Waals surface area (Å²) in [5, 5.41) is 11.7. The summed E-state index contributed by atoms with van der Waals surface area (Å²) >= 11 is 0. The van der Waals surface area contributed by atoms with Crippen LogP contribution in [0.1, 0.15) is 84.6 Å². The number of rotatable bonds is 25. The number of alkyl carbamates (subject to hydrolysis) is 1. The fourth-order valence-electron chi connectivity index (χ4n) is 4.01. The van der Waals surface area contributed by atoms with Crippen molar-refractivity contribution in [2.24, 2.45) is 0 Å². The highest BCUT2D eigenvalue weighted by Gasteiger charge is 2.39. The van der Waals surface area contributed by atoms with Crippen LogP contribution in [-0.2, 0) is 22.8 Å². The SMILES string of the molecule is CCCCCOc1ccc(C=CC(=O)O)cc1OCCCCCCOC(=O)NCCC[Si](OCC)(OCC)OCC. The van der Waals surface area contributed by atoms with E-state index in [2.05, 4.69) is 12.2 Å². The molecular formula is C30H51NO9Si. The Morgan fingerprint density at radius 3 is 2.02 bits per heavy atom. The number of carbonyl (C=O) groups excluding carboxylic acids is 1. The molecule has 0 unspecified atom stereocenters. The first-order valence-corrected chi connectivity index (χ1v) is 17.0. The van der Waals surface area contributed by atoms with Crippen LogP contribution < -0.4 is 14.8 Å². The zero-order valence-electron chi connectivity index (χ0n) is 25.4. The molecule has 0 heterocycles. The topological polar surface area (TPSA) is 122 Å². The van der Waals surface area contributed by atoms with Crippen LogP contribution in [0.3, 0.4) is 0 Å². The van der Waals surface area contributed by atoms with E-state index in [4.69, 9.17) is 32.6 Å². The molecule has 0 saturated heterocycles. The standard InChI is InChI=1S/C30H51NO9Si/c1-5-9-12-21-35-27-18-16-26(17-19-29(32)33)25-28(27)36-22-13-10-11-14-23-37-30(34)31-20-15-24-41(38-6-2,39-7-3)40-8-4/h16-19,25H,5-15,20-24H2,1-4H3,(H,31,34)(H,32,33). The number of nitrogens with one attached hydrogen (secondary N) is 1. The van der Waals surface area contributed by atoms with Gasteiger partial charge in [-0.1, -0.05) is 25.8 Å². The molecule has 0 bridgehead atoms. The van der Waals surface area contributed by atoms with Crippen LogP contribution in [-0.4, -0.2) is 72.2 Å². The molecule has 11 heteroatoms. The molecule has 0 fully saturated rings. The molecule has 0 radical (unpaired) electrons. The molecule has 0 saturated carbocycles. The smallest absolute Gasteiger partial charge is 0.490 e. The summed E-state index contributed by atoms with van der Waals surface area (Å²) in [7, 11) is -2.69. The lowest BCUT2D eigenvalue weighted by Gasteiger charge is -2.28. The van der Waals surface area contributed by atoms with E-state index in [-0.39, 0.29) is 0 Å². The molecule has 0 atom stereocenters. The molecule has 0 aliphatic rings. The summed E-state index contributed by atoms with van der Waals surface area (Å²) in [6, 6.07) is 6.07. The molecule has 0 spiro atoms. The highest BCUT2D eigenvalue weighted by atomic mass is 28.4. The molecule has 2 N–H and O–H groups in total. The molecule has 234 valence electrons. The van der Waals surface area contributed by atoms with Crippen molar-refractivity contribution in [3.05, 3.63) is 29.8 Å². The van der Waals surface area contributed by atoms with Crippen molar-refractivity contribution in [3.8, 4) is 11.5 Å². The Bertz CT molecular complexity index is 864. The first-order chi connectivity index (χ1) is 19.9. The first kappa shape index (κ1) is 36.4. The number of hydrogen-bond acceptors (Lipinski definition) is 8. The van der Waals surface area contributed by atoms with Gasteiger partial charge in [-0.3, -0.25) is 0 Å². The number of hydrogen-bond donors (Lipinski definition) is 2. The second-order valence-electron chi connectivity index (χ2n) is 9.34. The number of ether oxygens (including phenoxy) is 3. The Labute approximate surface area is 247 Å². The van der Waals surface area contributed by atoms with Crippen molar-refractivity contribution in [1.29, 1.82) is 0 Å². The maximum atomic E-state index is 12.0. The molecule has 41 heavy (non-hydrogen) atoms. The number of carboxylic acid groups (broad SMARTS) is 1. The minimum Gasteiger partial charge on any atom is -0.490 e. The minimum atomic E-state index is -2.69. The second kappa shape index (κ2) is 23.0. The number of benzene rings is 1. The van der Waals surface area contributed by atoms with Crippen LogP contribution in [0.5, 0.6) is 11.5 Å². The highest BCUT2D eigenvalue weighted by Crippen LogP contribution is 2.29. The van der Waals surface area contributed by atoms with Crippen LogP contribution >= 0.6 is 0 Å². The minimum absolute atomic E-state index is 0.357. The average molecular weight is 598 g/mol. The van der Waals surface area contributed by atoms with Gasteiger partial charge in [0.15, 0.2) is 11.5 Å². The van der Waals surface area contributed by atoms with Crippen LogP contribution in [0.25, 0.3) is 6.08 Å². The van der Waals surface area contributed by atoms with Crippen molar-refractivity contribution in [1.82, 2.24) is 5.32 Å². The van der Waals surface area contributed by atoms with Gasteiger partial charge in [-0.15, -0.1) is 0 Å². The lowest BCUT2D eigenvalue weighted by atomic mass is 10.2. The van der Waals surface area contributed by atoms with Gasteiger partial charge in [0, 0.05) is 38.5 Å². The van der Waals surface area contributed by atoms with Gasteiger partial charge in [0.1, 0.15) is 0 Å². The van der Waals surface area contributed by atoms with E-state index >= 15 is 0 Å². The number of aliphatic carboxylic acids is 1. The van der Waals surface area contributed by atoms with Gasteiger partial charge in [-0.05, 0) is 83.1 Å². The normalized spacial score (nSPS) is 11.5. The Morgan fingerprint density at radius 2 is 1.41 bits per heavy atom. The van der Waals surface area contributed by atoms with Crippen molar-refractivity contribution < 1.29 is 42.2 Å². The Hall–Kier alpha value is -2.60. The molecule has 0 aromatic heterocycles. The van der Waals surface area contributed by atoms with Gasteiger partial charge in [-0.2, -0.15) is 0 Å². The van der Waals surface area contributed by atoms with Crippen LogP contribution in [0.2, 0.25) is 6.04 Å². The predicted octanol–water partition coefficient (Wildman–Crippen LogP) is 6.46. The summed E-state index contributed by atoms with van der Waals surface area (Å²) in [5.74, 6) is 0.270. The van der Waals surface area contributed by atoms with Crippen LogP contribution in [0.4, 0.5) is 4.79 Å². The van der Waals surface area contributed by atoms with Gasteiger partial charge >= 0.3 is 20.9 Å². The average Bonchev–Trinajstić information content (AvgIpc) is 2.95. The molecule has 1 aromatic rings. The molecule has 0 aliphatic carbocycles. The zero-order valence-corrected chi connectivity index (χ0v) is 26.4. The van der Waals surface area contributed by atoms with E-state index in [0.717, 1.165) is 56.6 Å². The van der Waals surface area contributed by atoms with Gasteiger partial charge in [0.2, 0.25) is 0 Å². The van der Waals surface area contributed by atoms with E-state index < -0.39 is 20.9 Å². The second-order valence-corrected chi connectivity index (χ2v) is 12.1. The number of carboxylic acids is 1. The third-order valence-electron chi connectivity index (χ3n) is 5.94. The largest absolute Gasteiger partial charge is 0.500 e. The van der Waals surface area contributed by atoms with Crippen LogP contribution in [0.15, 0.2) is 24.3 Å². The van der Waals surface area contributed by atoms with E-state index in [0.29, 0.717) is 70.1 Å². The zero-order chi connectivity index (χ0) is 30.2. The Morgan fingerprint density at radius 1 is 0.805 bits per heavy atom. The molecule has 10 nitrogen and oxygen atoms in total. The molecule has 1 rings (SSSR count). The number of amides is 1. The molecule has 1 aromatic carbocycles. The van der Waals surface area contributed by atoms with Gasteiger partial charge < -0.3 is 37.9 Å². The van der Waals surface area contributed by atoms with Crippen molar-refractivity contribution in [2.75, 3.05) is 46.2 Å². The molecule has 1 amide bonds. The van der Waals surface area contributed by atoms with Gasteiger partial charge in [0.25, 0.3) is 0 Å². The number of unbranched alkanes of at least 4 members (excludes halogenated alkanes) is 5. The van der Waals surface area contributed by atoms with Crippen molar-refractivity contribution in [2.45, 2.75) is 85.1 Å². The van der Waals surface area contributed by atoms with Crippen molar-refractivity contribution >= 4 is 26.9 Å². The summed E-state index contributed by atoms with van der Waals surface area (Å²) in [6.07, 6.45) is 9.51. The van der Waals surface area contributed by atoms with Crippen molar-refractivity contribution in [3.63, 3.8) is 0 Å². The molecule has 0 aliphatic heterocycles. The highest BCUT2D eigenvalue weighted by molar-refractivity contribution is 6.60. The summed E-state index contributed by atoms with van der Waals surface area (Å²) < 4.78 is 34.7. The monoisotopic (exact) mass is 597 g/mol. The lowest BCUT2D eigenvalue weighted by Crippen LogP contribution is -2.46. The summed E-state index contributed by atoms with van der Waals surface area (Å²) in [4.78, 5) is 22.9. The Kier molecular flexibility index (Phi) is 20.4.